The maximum Gasteiger partial charge on any atom is 0.336 e. The van der Waals surface area contributed by atoms with Crippen molar-refractivity contribution in [2.24, 2.45) is 0 Å². The molecule has 0 amide bonds. The summed E-state index contributed by atoms with van der Waals surface area (Å²) in [5.74, 6) is -1.16. The highest BCUT2D eigenvalue weighted by Gasteiger charge is 2.11. The summed E-state index contributed by atoms with van der Waals surface area (Å²) in [5.41, 5.74) is 0.901. The number of carboxylic acid groups (broad SMARTS) is 1. The van der Waals surface area contributed by atoms with Gasteiger partial charge in [-0.1, -0.05) is 18.2 Å². The molecule has 0 spiro atoms. The summed E-state index contributed by atoms with van der Waals surface area (Å²) >= 11 is 1.38. The molecule has 2 rings (SSSR count). The van der Waals surface area contributed by atoms with Gasteiger partial charge < -0.3 is 10.4 Å². The Morgan fingerprint density at radius 1 is 1.47 bits per heavy atom. The molecule has 0 saturated heterocycles. The number of carboxylic acids is 1. The molecule has 1 aromatic carbocycles. The predicted molar refractivity (Wildman–Crippen MR) is 72.9 cm³/mol. The van der Waals surface area contributed by atoms with Gasteiger partial charge in [-0.2, -0.15) is 0 Å². The van der Waals surface area contributed by atoms with Crippen molar-refractivity contribution in [3.8, 4) is 0 Å². The Bertz CT molecular complexity index is 582. The van der Waals surface area contributed by atoms with Gasteiger partial charge in [-0.3, -0.25) is 0 Å². The maximum absolute atomic E-state index is 13.6. The number of nitrogens with one attached hydrogen (secondary N) is 1. The van der Waals surface area contributed by atoms with Crippen molar-refractivity contribution >= 4 is 17.3 Å². The molecule has 0 aliphatic heterocycles. The van der Waals surface area contributed by atoms with Gasteiger partial charge in [0.2, 0.25) is 0 Å². The first-order chi connectivity index (χ1) is 9.08. The highest BCUT2D eigenvalue weighted by molar-refractivity contribution is 7.10. The number of thiophene rings is 1. The van der Waals surface area contributed by atoms with Crippen LogP contribution < -0.4 is 5.32 Å². The fourth-order valence-corrected chi connectivity index (χ4v) is 2.58. The lowest BCUT2D eigenvalue weighted by molar-refractivity contribution is 0.0697. The van der Waals surface area contributed by atoms with E-state index < -0.39 is 5.97 Å². The standard InChI is InChI=1S/C14H14FNO2S/c1-9(12-4-2-3-5-13(12)15)16-7-11-6-10(8-19-11)14(17)18/h2-6,8-9,16H,7H2,1H3,(H,17,18)/t9-/m1/s1. The monoisotopic (exact) mass is 279 g/mol. The molecule has 0 aliphatic rings. The lowest BCUT2D eigenvalue weighted by Crippen LogP contribution is -2.18. The largest absolute Gasteiger partial charge is 0.478 e. The van der Waals surface area contributed by atoms with Gasteiger partial charge in [-0.05, 0) is 19.1 Å². The number of halogens is 1. The Labute approximate surface area is 114 Å². The van der Waals surface area contributed by atoms with Crippen LogP contribution in [0, 0.1) is 5.82 Å². The molecule has 0 fully saturated rings. The van der Waals surface area contributed by atoms with Crippen LogP contribution in [-0.2, 0) is 6.54 Å². The molecular weight excluding hydrogens is 265 g/mol. The lowest BCUT2D eigenvalue weighted by Gasteiger charge is -2.14. The average Bonchev–Trinajstić information content (AvgIpc) is 2.85. The van der Waals surface area contributed by atoms with E-state index in [9.17, 15) is 9.18 Å². The molecular formula is C14H14FNO2S. The minimum absolute atomic E-state index is 0.128. The molecule has 100 valence electrons. The first kappa shape index (κ1) is 13.7. The van der Waals surface area contributed by atoms with E-state index in [2.05, 4.69) is 5.32 Å². The number of carbonyl (C=O) groups is 1. The van der Waals surface area contributed by atoms with Crippen molar-refractivity contribution < 1.29 is 14.3 Å². The van der Waals surface area contributed by atoms with Gasteiger partial charge in [0.25, 0.3) is 0 Å². The SMILES string of the molecule is C[C@@H](NCc1cc(C(=O)O)cs1)c1ccccc1F. The fraction of sp³-hybridized carbons (Fsp3) is 0.214. The van der Waals surface area contributed by atoms with Crippen LogP contribution in [0.3, 0.4) is 0 Å². The minimum atomic E-state index is -0.926. The second kappa shape index (κ2) is 5.95. The van der Waals surface area contributed by atoms with Crippen molar-refractivity contribution in [3.05, 3.63) is 57.5 Å². The summed E-state index contributed by atoms with van der Waals surface area (Å²) in [4.78, 5) is 11.7. The maximum atomic E-state index is 13.6. The van der Waals surface area contributed by atoms with Gasteiger partial charge in [0, 0.05) is 28.4 Å². The van der Waals surface area contributed by atoms with Crippen molar-refractivity contribution in [2.75, 3.05) is 0 Å². The third kappa shape index (κ3) is 3.39. The van der Waals surface area contributed by atoms with E-state index in [-0.39, 0.29) is 11.9 Å². The second-order valence-corrected chi connectivity index (χ2v) is 5.23. The number of hydrogen-bond acceptors (Lipinski definition) is 3. The average molecular weight is 279 g/mol. The zero-order chi connectivity index (χ0) is 13.8. The normalized spacial score (nSPS) is 12.3. The van der Waals surface area contributed by atoms with Gasteiger partial charge in [0.15, 0.2) is 0 Å². The highest BCUT2D eigenvalue weighted by Crippen LogP contribution is 2.19. The first-order valence-corrected chi connectivity index (χ1v) is 6.74. The lowest BCUT2D eigenvalue weighted by atomic mass is 10.1. The fourth-order valence-electron chi connectivity index (χ4n) is 1.78. The Kier molecular flexibility index (Phi) is 4.29. The molecule has 3 nitrogen and oxygen atoms in total. The molecule has 0 bridgehead atoms. The molecule has 0 aliphatic carbocycles. The summed E-state index contributed by atoms with van der Waals surface area (Å²) < 4.78 is 13.6. The van der Waals surface area contributed by atoms with Crippen molar-refractivity contribution in [1.82, 2.24) is 5.32 Å². The molecule has 1 heterocycles. The van der Waals surface area contributed by atoms with Crippen molar-refractivity contribution in [2.45, 2.75) is 19.5 Å². The third-order valence-corrected chi connectivity index (χ3v) is 3.79. The van der Waals surface area contributed by atoms with Gasteiger partial charge in [-0.15, -0.1) is 11.3 Å². The summed E-state index contributed by atoms with van der Waals surface area (Å²) in [6.45, 7) is 2.40. The smallest absolute Gasteiger partial charge is 0.336 e. The van der Waals surface area contributed by atoms with Crippen LogP contribution >= 0.6 is 11.3 Å². The Hall–Kier alpha value is -1.72. The summed E-state index contributed by atoms with van der Waals surface area (Å²) in [6, 6.07) is 8.13. The predicted octanol–water partition coefficient (Wildman–Crippen LogP) is 3.44. The van der Waals surface area contributed by atoms with E-state index in [1.54, 1.807) is 29.6 Å². The second-order valence-electron chi connectivity index (χ2n) is 4.23. The molecule has 1 atom stereocenters. The highest BCUT2D eigenvalue weighted by atomic mass is 32.1. The summed E-state index contributed by atoms with van der Waals surface area (Å²) in [7, 11) is 0. The van der Waals surface area contributed by atoms with E-state index in [4.69, 9.17) is 5.11 Å². The third-order valence-electron chi connectivity index (χ3n) is 2.85. The topological polar surface area (TPSA) is 49.3 Å². The molecule has 5 heteroatoms. The van der Waals surface area contributed by atoms with Gasteiger partial charge >= 0.3 is 5.97 Å². The van der Waals surface area contributed by atoms with Crippen molar-refractivity contribution in [1.29, 1.82) is 0 Å². The van der Waals surface area contributed by atoms with Gasteiger partial charge in [0.05, 0.1) is 5.56 Å². The molecule has 19 heavy (non-hydrogen) atoms. The minimum Gasteiger partial charge on any atom is -0.478 e. The zero-order valence-electron chi connectivity index (χ0n) is 10.4. The molecule has 2 N–H and O–H groups in total. The summed E-state index contributed by atoms with van der Waals surface area (Å²) in [6.07, 6.45) is 0. The van der Waals surface area contributed by atoms with Crippen LogP contribution in [0.5, 0.6) is 0 Å². The molecule has 0 unspecified atom stereocenters. The van der Waals surface area contributed by atoms with Crippen molar-refractivity contribution in [3.63, 3.8) is 0 Å². The number of benzene rings is 1. The van der Waals surface area contributed by atoms with Crippen LogP contribution in [0.15, 0.2) is 35.7 Å². The van der Waals surface area contributed by atoms with Crippen LogP contribution in [0.1, 0.15) is 33.8 Å². The number of hydrogen-bond donors (Lipinski definition) is 2. The van der Waals surface area contributed by atoms with E-state index in [1.165, 1.54) is 17.4 Å². The van der Waals surface area contributed by atoms with Gasteiger partial charge in [-0.25, -0.2) is 9.18 Å². The Morgan fingerprint density at radius 3 is 2.84 bits per heavy atom. The quantitative estimate of drug-likeness (QED) is 0.881. The van der Waals surface area contributed by atoms with Crippen LogP contribution in [0.25, 0.3) is 0 Å². The van der Waals surface area contributed by atoms with Crippen LogP contribution in [0.2, 0.25) is 0 Å². The van der Waals surface area contributed by atoms with E-state index >= 15 is 0 Å². The van der Waals surface area contributed by atoms with Gasteiger partial charge in [0.1, 0.15) is 5.82 Å². The zero-order valence-corrected chi connectivity index (χ0v) is 11.2. The first-order valence-electron chi connectivity index (χ1n) is 5.86. The Balaban J connectivity index is 1.98. The molecule has 0 saturated carbocycles. The number of rotatable bonds is 5. The molecule has 0 radical (unpaired) electrons. The van der Waals surface area contributed by atoms with E-state index in [1.807, 2.05) is 6.92 Å². The number of aromatic carboxylic acids is 1. The van der Waals surface area contributed by atoms with Crippen LogP contribution in [0.4, 0.5) is 4.39 Å². The summed E-state index contributed by atoms with van der Waals surface area (Å²) in [5, 5.41) is 13.6. The Morgan fingerprint density at radius 2 is 2.21 bits per heavy atom. The van der Waals surface area contributed by atoms with E-state index in [0.29, 0.717) is 17.7 Å². The van der Waals surface area contributed by atoms with Crippen LogP contribution in [-0.4, -0.2) is 11.1 Å². The van der Waals surface area contributed by atoms with E-state index in [0.717, 1.165) is 4.88 Å². The molecule has 1 aromatic heterocycles. The molecule has 2 aromatic rings.